The topological polar surface area (TPSA) is 88.8 Å². The number of anilines is 3. The van der Waals surface area contributed by atoms with Crippen LogP contribution >= 0.6 is 0 Å². The molecule has 1 aliphatic rings. The highest BCUT2D eigenvalue weighted by Crippen LogP contribution is 2.40. The van der Waals surface area contributed by atoms with Gasteiger partial charge in [-0.3, -0.25) is 0 Å². The van der Waals surface area contributed by atoms with Gasteiger partial charge in [-0.2, -0.15) is 0 Å². The standard InChI is InChI=1S/C34H46N4O3/c1-22(2)28-19-26(35)20-29(23(3)4)32(28)37-33(39)36-21-34(25-9-8-10-27(18-25)40-6)13-15-38(16-14-34)30-17-24(5)11-12-31(30)41-7/h8-12,17-20,22-23H,13-16,21,35H2,1-7H3,(H2,36,37,39). The molecule has 1 fully saturated rings. The van der Waals surface area contributed by atoms with E-state index in [0.717, 1.165) is 65.6 Å². The molecule has 2 amide bonds. The van der Waals surface area contributed by atoms with Gasteiger partial charge >= 0.3 is 6.03 Å². The van der Waals surface area contributed by atoms with Crippen LogP contribution in [0.1, 0.15) is 74.6 Å². The van der Waals surface area contributed by atoms with Crippen LogP contribution < -0.4 is 30.7 Å². The number of hydrogen-bond acceptors (Lipinski definition) is 5. The van der Waals surface area contributed by atoms with Gasteiger partial charge in [0, 0.05) is 36.4 Å². The Balaban J connectivity index is 1.59. The molecular formula is C34H46N4O3. The minimum absolute atomic E-state index is 0.205. The number of hydrogen-bond donors (Lipinski definition) is 3. The minimum atomic E-state index is -0.248. The monoisotopic (exact) mass is 558 g/mol. The summed E-state index contributed by atoms with van der Waals surface area (Å²) in [6, 6.07) is 18.3. The molecule has 7 nitrogen and oxygen atoms in total. The van der Waals surface area contributed by atoms with Crippen molar-refractivity contribution >= 4 is 23.1 Å². The highest BCUT2D eigenvalue weighted by molar-refractivity contribution is 5.92. The van der Waals surface area contributed by atoms with E-state index in [2.05, 4.69) is 74.4 Å². The van der Waals surface area contributed by atoms with Crippen molar-refractivity contribution in [3.63, 3.8) is 0 Å². The van der Waals surface area contributed by atoms with E-state index in [9.17, 15) is 4.79 Å². The van der Waals surface area contributed by atoms with Crippen LogP contribution in [0.3, 0.4) is 0 Å². The van der Waals surface area contributed by atoms with Crippen LogP contribution in [0, 0.1) is 6.92 Å². The van der Waals surface area contributed by atoms with Gasteiger partial charge in [-0.05, 0) is 90.3 Å². The third kappa shape index (κ3) is 6.72. The van der Waals surface area contributed by atoms with Gasteiger partial charge in [0.15, 0.2) is 0 Å². The Labute approximate surface area is 245 Å². The van der Waals surface area contributed by atoms with Crippen molar-refractivity contribution < 1.29 is 14.3 Å². The largest absolute Gasteiger partial charge is 0.497 e. The summed E-state index contributed by atoms with van der Waals surface area (Å²) in [5.41, 5.74) is 13.1. The van der Waals surface area contributed by atoms with E-state index in [-0.39, 0.29) is 23.3 Å². The Morgan fingerprint density at radius 1 is 0.951 bits per heavy atom. The molecule has 0 aromatic heterocycles. The predicted molar refractivity (Wildman–Crippen MR) is 170 cm³/mol. The first-order valence-electron chi connectivity index (χ1n) is 14.6. The van der Waals surface area contributed by atoms with Gasteiger partial charge < -0.3 is 30.7 Å². The summed E-state index contributed by atoms with van der Waals surface area (Å²) < 4.78 is 11.3. The number of methoxy groups -OCH3 is 2. The van der Waals surface area contributed by atoms with Crippen molar-refractivity contribution in [1.29, 1.82) is 0 Å². The lowest BCUT2D eigenvalue weighted by molar-refractivity contribution is 0.244. The summed E-state index contributed by atoms with van der Waals surface area (Å²) >= 11 is 0. The lowest BCUT2D eigenvalue weighted by Crippen LogP contribution is -2.49. The fourth-order valence-corrected chi connectivity index (χ4v) is 5.92. The molecule has 41 heavy (non-hydrogen) atoms. The highest BCUT2D eigenvalue weighted by atomic mass is 16.5. The molecule has 0 aliphatic carbocycles. The van der Waals surface area contributed by atoms with E-state index in [1.807, 2.05) is 30.3 Å². The number of nitrogen functional groups attached to an aromatic ring is 1. The highest BCUT2D eigenvalue weighted by Gasteiger charge is 2.37. The van der Waals surface area contributed by atoms with Crippen LogP contribution in [0.2, 0.25) is 0 Å². The molecule has 0 atom stereocenters. The lowest BCUT2D eigenvalue weighted by Gasteiger charge is -2.43. The summed E-state index contributed by atoms with van der Waals surface area (Å²) in [5, 5.41) is 6.44. The van der Waals surface area contributed by atoms with E-state index in [1.54, 1.807) is 14.2 Å². The van der Waals surface area contributed by atoms with E-state index in [1.165, 1.54) is 11.1 Å². The van der Waals surface area contributed by atoms with Crippen molar-refractivity contribution in [2.24, 2.45) is 0 Å². The SMILES string of the molecule is COc1cccc(C2(CNC(=O)Nc3c(C(C)C)cc(N)cc3C(C)C)CCN(c3cc(C)ccc3OC)CC2)c1. The van der Waals surface area contributed by atoms with Crippen molar-refractivity contribution in [2.45, 2.75) is 64.7 Å². The Hall–Kier alpha value is -3.87. The Morgan fingerprint density at radius 2 is 1.61 bits per heavy atom. The maximum Gasteiger partial charge on any atom is 0.319 e. The third-order valence-electron chi connectivity index (χ3n) is 8.37. The third-order valence-corrected chi connectivity index (χ3v) is 8.37. The fourth-order valence-electron chi connectivity index (χ4n) is 5.92. The van der Waals surface area contributed by atoms with Crippen molar-refractivity contribution in [3.05, 3.63) is 76.9 Å². The van der Waals surface area contributed by atoms with Gasteiger partial charge in [0.1, 0.15) is 11.5 Å². The number of nitrogens with zero attached hydrogens (tertiary/aromatic N) is 1. The molecule has 0 spiro atoms. The number of piperidine rings is 1. The second-order valence-corrected chi connectivity index (χ2v) is 11.9. The van der Waals surface area contributed by atoms with E-state index in [0.29, 0.717) is 6.54 Å². The van der Waals surface area contributed by atoms with Crippen molar-refractivity contribution in [3.8, 4) is 11.5 Å². The van der Waals surface area contributed by atoms with Gasteiger partial charge in [-0.15, -0.1) is 0 Å². The van der Waals surface area contributed by atoms with Crippen LogP contribution in [0.15, 0.2) is 54.6 Å². The molecule has 0 unspecified atom stereocenters. The number of carbonyl (C=O) groups excluding carboxylic acids is 1. The summed E-state index contributed by atoms with van der Waals surface area (Å²) in [4.78, 5) is 15.9. The summed E-state index contributed by atoms with van der Waals surface area (Å²) in [6.07, 6.45) is 1.74. The summed E-state index contributed by atoms with van der Waals surface area (Å²) in [7, 11) is 3.41. The second-order valence-electron chi connectivity index (χ2n) is 11.9. The number of benzene rings is 3. The normalized spacial score (nSPS) is 14.7. The number of rotatable bonds is 9. The maximum atomic E-state index is 13.5. The Bertz CT molecular complexity index is 1330. The minimum Gasteiger partial charge on any atom is -0.497 e. The number of nitrogens with one attached hydrogen (secondary N) is 2. The zero-order valence-electron chi connectivity index (χ0n) is 25.6. The molecular weight excluding hydrogens is 512 g/mol. The molecule has 220 valence electrons. The predicted octanol–water partition coefficient (Wildman–Crippen LogP) is 7.20. The van der Waals surface area contributed by atoms with Crippen LogP contribution in [0.5, 0.6) is 11.5 Å². The van der Waals surface area contributed by atoms with Crippen LogP contribution in [-0.2, 0) is 5.41 Å². The molecule has 1 heterocycles. The van der Waals surface area contributed by atoms with Gasteiger partial charge in [-0.1, -0.05) is 45.9 Å². The van der Waals surface area contributed by atoms with Crippen LogP contribution in [0.25, 0.3) is 0 Å². The average molecular weight is 559 g/mol. The van der Waals surface area contributed by atoms with Gasteiger partial charge in [0.05, 0.1) is 19.9 Å². The van der Waals surface area contributed by atoms with Gasteiger partial charge in [0.2, 0.25) is 0 Å². The van der Waals surface area contributed by atoms with E-state index in [4.69, 9.17) is 15.2 Å². The molecule has 0 radical (unpaired) electrons. The smallest absolute Gasteiger partial charge is 0.319 e. The Kier molecular flexibility index (Phi) is 9.36. The molecule has 3 aromatic rings. The average Bonchev–Trinajstić information content (AvgIpc) is 2.96. The molecule has 7 heteroatoms. The lowest BCUT2D eigenvalue weighted by atomic mass is 9.72. The first-order valence-corrected chi connectivity index (χ1v) is 14.6. The summed E-state index contributed by atoms with van der Waals surface area (Å²) in [5.74, 6) is 2.14. The van der Waals surface area contributed by atoms with Crippen LogP contribution in [-0.4, -0.2) is 39.9 Å². The quantitative estimate of drug-likeness (QED) is 0.242. The van der Waals surface area contributed by atoms with Crippen molar-refractivity contribution in [1.82, 2.24) is 5.32 Å². The van der Waals surface area contributed by atoms with Gasteiger partial charge in [0.25, 0.3) is 0 Å². The molecule has 0 bridgehead atoms. The molecule has 1 saturated heterocycles. The Morgan fingerprint density at radius 3 is 2.20 bits per heavy atom. The molecule has 0 saturated carbocycles. The fraction of sp³-hybridized carbons (Fsp3) is 0.441. The molecule has 3 aromatic carbocycles. The molecule has 4 rings (SSSR count). The maximum absolute atomic E-state index is 13.5. The van der Waals surface area contributed by atoms with Crippen molar-refractivity contribution in [2.75, 3.05) is 49.8 Å². The number of urea groups is 1. The number of ether oxygens (including phenoxy) is 2. The first-order chi connectivity index (χ1) is 19.6. The van der Waals surface area contributed by atoms with Crippen LogP contribution in [0.4, 0.5) is 21.9 Å². The number of aryl methyl sites for hydroxylation is 1. The second kappa shape index (κ2) is 12.8. The number of carbonyl (C=O) groups is 1. The first kappa shape index (κ1) is 30.1. The summed E-state index contributed by atoms with van der Waals surface area (Å²) in [6.45, 7) is 12.8. The van der Waals surface area contributed by atoms with Gasteiger partial charge in [-0.25, -0.2) is 4.79 Å². The van der Waals surface area contributed by atoms with E-state index < -0.39 is 0 Å². The zero-order valence-corrected chi connectivity index (χ0v) is 25.6. The zero-order chi connectivity index (χ0) is 29.7. The number of nitrogens with two attached hydrogens (primary N) is 1. The molecule has 1 aliphatic heterocycles. The van der Waals surface area contributed by atoms with E-state index >= 15 is 0 Å². The molecule has 4 N–H and O–H groups in total. The number of amides is 2.